The van der Waals surface area contributed by atoms with E-state index in [2.05, 4.69) is 61.1 Å². The summed E-state index contributed by atoms with van der Waals surface area (Å²) in [5.74, 6) is 0. The van der Waals surface area contributed by atoms with Gasteiger partial charge < -0.3 is 10.5 Å². The summed E-state index contributed by atoms with van der Waals surface area (Å²) in [6.45, 7) is 1.80. The fourth-order valence-electron chi connectivity index (χ4n) is 0.569. The lowest BCUT2D eigenvalue weighted by molar-refractivity contribution is 0.117. The first kappa shape index (κ1) is 12.9. The summed E-state index contributed by atoms with van der Waals surface area (Å²) in [4.78, 5) is 10.3. The van der Waals surface area contributed by atoms with E-state index in [-0.39, 0.29) is 6.10 Å². The molecule has 0 saturated heterocycles. The first-order valence-corrected chi connectivity index (χ1v) is 6.04. The maximum atomic E-state index is 10.3. The number of nitrogens with two attached hydrogens (primary N) is 1. The van der Waals surface area contributed by atoms with Crippen molar-refractivity contribution in [3.8, 4) is 0 Å². The average molecular weight is 460 g/mol. The van der Waals surface area contributed by atoms with Gasteiger partial charge in [0, 0.05) is 10.0 Å². The molecule has 0 fully saturated rings. The molecule has 0 aliphatic rings. The second kappa shape index (κ2) is 6.41. The van der Waals surface area contributed by atoms with E-state index in [0.717, 1.165) is 6.07 Å². The van der Waals surface area contributed by atoms with E-state index in [0.29, 0.717) is 6.42 Å². The Morgan fingerprint density at radius 1 is 1.67 bits per heavy atom. The lowest BCUT2D eigenvalue weighted by atomic mass is 10.3. The van der Waals surface area contributed by atoms with Crippen LogP contribution in [0.4, 0.5) is 4.79 Å². The number of hydrogen-bond acceptors (Lipinski definition) is 2. The third-order valence-corrected chi connectivity index (χ3v) is 4.87. The minimum atomic E-state index is -0.726. The van der Waals surface area contributed by atoms with Gasteiger partial charge in [0.15, 0.2) is 0 Å². The van der Waals surface area contributed by atoms with Crippen LogP contribution in [0.15, 0.2) is 6.07 Å². The van der Waals surface area contributed by atoms with Gasteiger partial charge in [0.05, 0.1) is 2.49 Å². The molecule has 12 heavy (non-hydrogen) atoms. The first-order chi connectivity index (χ1) is 5.43. The van der Waals surface area contributed by atoms with Crippen LogP contribution in [0.3, 0.4) is 0 Å². The van der Waals surface area contributed by atoms with Gasteiger partial charge in [0.25, 0.3) is 0 Å². The van der Waals surface area contributed by atoms with Crippen LogP contribution in [-0.2, 0) is 4.74 Å². The van der Waals surface area contributed by atoms with Crippen molar-refractivity contribution in [1.82, 2.24) is 0 Å². The molecule has 0 heterocycles. The van der Waals surface area contributed by atoms with Crippen molar-refractivity contribution < 1.29 is 9.53 Å². The zero-order valence-corrected chi connectivity index (χ0v) is 12.2. The monoisotopic (exact) mass is 459 g/mol. The first-order valence-electron chi connectivity index (χ1n) is 3.09. The highest BCUT2D eigenvalue weighted by Gasteiger charge is 2.08. The molecule has 6 heteroatoms. The van der Waals surface area contributed by atoms with Crippen LogP contribution in [0, 0.1) is 0 Å². The molecular formula is C6H8BrI2NO2. The topological polar surface area (TPSA) is 52.3 Å². The predicted molar refractivity (Wildman–Crippen MR) is 68.7 cm³/mol. The summed E-state index contributed by atoms with van der Waals surface area (Å²) < 4.78 is 6.89. The molecule has 0 saturated carbocycles. The summed E-state index contributed by atoms with van der Waals surface area (Å²) >= 11 is 7.66. The molecule has 0 rings (SSSR count). The van der Waals surface area contributed by atoms with E-state index in [9.17, 15) is 4.79 Å². The van der Waals surface area contributed by atoms with E-state index >= 15 is 0 Å². The van der Waals surface area contributed by atoms with Crippen LogP contribution in [0.25, 0.3) is 0 Å². The molecule has 0 aromatic carbocycles. The second-order valence-electron chi connectivity index (χ2n) is 2.12. The van der Waals surface area contributed by atoms with Crippen molar-refractivity contribution in [3.05, 3.63) is 6.07 Å². The Kier molecular flexibility index (Phi) is 6.92. The highest BCUT2D eigenvalue weighted by molar-refractivity contribution is 14.1. The normalized spacial score (nSPS) is 15.0. The molecule has 0 aromatic heterocycles. The lowest BCUT2D eigenvalue weighted by Gasteiger charge is -2.10. The van der Waals surface area contributed by atoms with Gasteiger partial charge in [0.1, 0.15) is 6.10 Å². The highest BCUT2D eigenvalue weighted by atomic mass is 127. The quantitative estimate of drug-likeness (QED) is 0.658. The summed E-state index contributed by atoms with van der Waals surface area (Å²) in [7, 11) is 0. The van der Waals surface area contributed by atoms with Gasteiger partial charge in [-0.15, -0.1) is 0 Å². The third kappa shape index (κ3) is 6.46. The fourth-order valence-corrected chi connectivity index (χ4v) is 1.57. The van der Waals surface area contributed by atoms with Gasteiger partial charge in [-0.3, -0.25) is 0 Å². The van der Waals surface area contributed by atoms with Crippen molar-refractivity contribution in [2.24, 2.45) is 5.73 Å². The molecule has 3 nitrogen and oxygen atoms in total. The van der Waals surface area contributed by atoms with E-state index in [1.807, 2.05) is 0 Å². The van der Waals surface area contributed by atoms with Crippen LogP contribution in [0.2, 0.25) is 0 Å². The van der Waals surface area contributed by atoms with Crippen molar-refractivity contribution in [2.45, 2.75) is 19.4 Å². The van der Waals surface area contributed by atoms with Crippen LogP contribution in [0.1, 0.15) is 13.3 Å². The third-order valence-electron chi connectivity index (χ3n) is 0.989. The Bertz CT molecular complexity index is 204. The van der Waals surface area contributed by atoms with Gasteiger partial charge >= 0.3 is 6.09 Å². The maximum Gasteiger partial charge on any atom is 0.404 e. The second-order valence-corrected chi connectivity index (χ2v) is 6.77. The molecule has 0 aliphatic heterocycles. The molecule has 0 aromatic rings. The number of carbonyl (C=O) groups excluding carboxylic acids is 1. The SMILES string of the molecule is CC(CC(I)=C(Br)I)OC(N)=O. The molecule has 1 atom stereocenters. The zero-order valence-electron chi connectivity index (χ0n) is 6.31. The number of amides is 1. The van der Waals surface area contributed by atoms with Crippen LogP contribution >= 0.6 is 61.1 Å². The molecule has 2 N–H and O–H groups in total. The molecule has 0 radical (unpaired) electrons. The Hall–Kier alpha value is 0.950. The summed E-state index contributed by atoms with van der Waals surface area (Å²) in [6, 6.07) is 0. The lowest BCUT2D eigenvalue weighted by Crippen LogP contribution is -2.20. The Balaban J connectivity index is 3.93. The predicted octanol–water partition coefficient (Wildman–Crippen LogP) is 3.29. The standard InChI is InChI=1S/C6H8BrI2NO2/c1-3(12-6(10)11)2-4(8)5(7)9/h3H,2H2,1H3,(H2,10,11). The zero-order chi connectivity index (χ0) is 9.72. The minimum Gasteiger partial charge on any atom is -0.446 e. The van der Waals surface area contributed by atoms with E-state index in [4.69, 9.17) is 10.5 Å². The van der Waals surface area contributed by atoms with Gasteiger partial charge in [-0.2, -0.15) is 0 Å². The van der Waals surface area contributed by atoms with Crippen molar-refractivity contribution in [2.75, 3.05) is 0 Å². The highest BCUT2D eigenvalue weighted by Crippen LogP contribution is 2.28. The smallest absolute Gasteiger partial charge is 0.404 e. The van der Waals surface area contributed by atoms with Crippen LogP contribution < -0.4 is 5.73 Å². The molecule has 1 unspecified atom stereocenters. The summed E-state index contributed by atoms with van der Waals surface area (Å²) in [5, 5.41) is 0. The summed E-state index contributed by atoms with van der Waals surface area (Å²) in [5.41, 5.74) is 4.85. The largest absolute Gasteiger partial charge is 0.446 e. The van der Waals surface area contributed by atoms with Crippen molar-refractivity contribution in [1.29, 1.82) is 0 Å². The van der Waals surface area contributed by atoms with E-state index < -0.39 is 6.09 Å². The number of rotatable bonds is 3. The van der Waals surface area contributed by atoms with Crippen LogP contribution in [0.5, 0.6) is 0 Å². The minimum absolute atomic E-state index is 0.170. The fraction of sp³-hybridized carbons (Fsp3) is 0.500. The average Bonchev–Trinajstić information content (AvgIpc) is 1.84. The van der Waals surface area contributed by atoms with E-state index in [1.165, 1.54) is 0 Å². The Morgan fingerprint density at radius 2 is 2.17 bits per heavy atom. The molecular weight excluding hydrogens is 452 g/mol. The Morgan fingerprint density at radius 3 is 2.50 bits per heavy atom. The van der Waals surface area contributed by atoms with Gasteiger partial charge in [-0.05, 0) is 68.0 Å². The number of primary amides is 1. The molecule has 0 bridgehead atoms. The molecule has 0 spiro atoms. The van der Waals surface area contributed by atoms with Crippen molar-refractivity contribution >= 4 is 67.2 Å². The number of halogens is 3. The maximum absolute atomic E-state index is 10.3. The number of hydrogen-bond donors (Lipinski definition) is 1. The van der Waals surface area contributed by atoms with Gasteiger partial charge in [0.2, 0.25) is 0 Å². The van der Waals surface area contributed by atoms with Crippen LogP contribution in [-0.4, -0.2) is 12.2 Å². The Labute approximate surface area is 107 Å². The van der Waals surface area contributed by atoms with Gasteiger partial charge in [-0.25, -0.2) is 4.79 Å². The van der Waals surface area contributed by atoms with Crippen molar-refractivity contribution in [3.63, 3.8) is 0 Å². The molecule has 0 aliphatic carbocycles. The number of ether oxygens (including phenoxy) is 1. The number of carbonyl (C=O) groups is 1. The molecule has 70 valence electrons. The molecule has 1 amide bonds. The van der Waals surface area contributed by atoms with E-state index in [1.54, 1.807) is 6.92 Å². The van der Waals surface area contributed by atoms with Gasteiger partial charge in [-0.1, -0.05) is 0 Å². The summed E-state index contributed by atoms with van der Waals surface area (Å²) in [6.07, 6.45) is -0.208.